The van der Waals surface area contributed by atoms with Crippen molar-refractivity contribution < 1.29 is 9.84 Å². The highest BCUT2D eigenvalue weighted by Gasteiger charge is 2.07. The van der Waals surface area contributed by atoms with Crippen LogP contribution in [0.5, 0.6) is 5.88 Å². The van der Waals surface area contributed by atoms with E-state index in [1.165, 1.54) is 0 Å². The van der Waals surface area contributed by atoms with Crippen LogP contribution in [-0.4, -0.2) is 34.3 Å². The standard InChI is InChI=1S/C11H19N3O2/c1-4-9(7-15)14-10-6-11(16-5-2)13-8(3)12-10/h6,9,15H,4-5,7H2,1-3H3,(H,12,13,14). The van der Waals surface area contributed by atoms with Gasteiger partial charge < -0.3 is 15.2 Å². The second-order valence-electron chi connectivity index (χ2n) is 3.50. The molecule has 0 fully saturated rings. The van der Waals surface area contributed by atoms with Gasteiger partial charge in [0.1, 0.15) is 11.6 Å². The molecule has 0 amide bonds. The van der Waals surface area contributed by atoms with E-state index in [1.54, 1.807) is 6.07 Å². The topological polar surface area (TPSA) is 67.3 Å². The van der Waals surface area contributed by atoms with E-state index in [-0.39, 0.29) is 12.6 Å². The molecule has 16 heavy (non-hydrogen) atoms. The number of hydrogen-bond acceptors (Lipinski definition) is 5. The van der Waals surface area contributed by atoms with Crippen LogP contribution in [-0.2, 0) is 0 Å². The van der Waals surface area contributed by atoms with Gasteiger partial charge in [-0.05, 0) is 20.3 Å². The SMILES string of the molecule is CCOc1cc(NC(CC)CO)nc(C)n1. The van der Waals surface area contributed by atoms with Gasteiger partial charge in [-0.25, -0.2) is 4.98 Å². The van der Waals surface area contributed by atoms with Crippen LogP contribution in [0, 0.1) is 6.92 Å². The summed E-state index contributed by atoms with van der Waals surface area (Å²) in [6.45, 7) is 6.39. The Hall–Kier alpha value is -1.36. The lowest BCUT2D eigenvalue weighted by molar-refractivity contribution is 0.271. The number of aromatic nitrogens is 2. The number of rotatable bonds is 6. The summed E-state index contributed by atoms with van der Waals surface area (Å²) in [5.41, 5.74) is 0. The Morgan fingerprint density at radius 2 is 2.19 bits per heavy atom. The van der Waals surface area contributed by atoms with E-state index in [1.807, 2.05) is 20.8 Å². The third-order valence-corrected chi connectivity index (χ3v) is 2.17. The molecular formula is C11H19N3O2. The molecule has 0 aliphatic heterocycles. The first-order chi connectivity index (χ1) is 7.69. The first-order valence-electron chi connectivity index (χ1n) is 5.55. The molecule has 90 valence electrons. The fraction of sp³-hybridized carbons (Fsp3) is 0.636. The van der Waals surface area contributed by atoms with Crippen molar-refractivity contribution in [1.29, 1.82) is 0 Å². The fourth-order valence-electron chi connectivity index (χ4n) is 1.32. The molecule has 0 saturated carbocycles. The average Bonchev–Trinajstić information content (AvgIpc) is 2.25. The summed E-state index contributed by atoms with van der Waals surface area (Å²) < 4.78 is 5.32. The smallest absolute Gasteiger partial charge is 0.218 e. The molecule has 2 N–H and O–H groups in total. The quantitative estimate of drug-likeness (QED) is 0.765. The Morgan fingerprint density at radius 3 is 2.75 bits per heavy atom. The van der Waals surface area contributed by atoms with Crippen LogP contribution in [0.1, 0.15) is 26.1 Å². The number of aryl methyl sites for hydroxylation is 1. The highest BCUT2D eigenvalue weighted by molar-refractivity contribution is 5.39. The lowest BCUT2D eigenvalue weighted by Gasteiger charge is -2.15. The number of ether oxygens (including phenoxy) is 1. The van der Waals surface area contributed by atoms with E-state index < -0.39 is 0 Å². The molecule has 1 rings (SSSR count). The molecule has 0 aliphatic carbocycles. The maximum absolute atomic E-state index is 9.09. The third-order valence-electron chi connectivity index (χ3n) is 2.17. The molecule has 1 heterocycles. The number of nitrogens with one attached hydrogen (secondary N) is 1. The summed E-state index contributed by atoms with van der Waals surface area (Å²) in [4.78, 5) is 8.39. The summed E-state index contributed by atoms with van der Waals surface area (Å²) >= 11 is 0. The summed E-state index contributed by atoms with van der Waals surface area (Å²) in [6, 6.07) is 1.76. The minimum atomic E-state index is 0.0174. The van der Waals surface area contributed by atoms with Gasteiger partial charge in [-0.15, -0.1) is 0 Å². The molecule has 1 aromatic rings. The zero-order chi connectivity index (χ0) is 12.0. The van der Waals surface area contributed by atoms with Crippen molar-refractivity contribution in [1.82, 2.24) is 9.97 Å². The van der Waals surface area contributed by atoms with E-state index in [0.717, 1.165) is 6.42 Å². The molecule has 0 radical (unpaired) electrons. The zero-order valence-electron chi connectivity index (χ0n) is 10.0. The van der Waals surface area contributed by atoms with E-state index in [2.05, 4.69) is 15.3 Å². The summed E-state index contributed by atoms with van der Waals surface area (Å²) in [5, 5.41) is 12.2. The number of hydrogen-bond donors (Lipinski definition) is 2. The maximum atomic E-state index is 9.09. The van der Waals surface area contributed by atoms with Crippen molar-refractivity contribution in [2.75, 3.05) is 18.5 Å². The summed E-state index contributed by atoms with van der Waals surface area (Å²) in [5.74, 6) is 1.91. The predicted molar refractivity (Wildman–Crippen MR) is 62.7 cm³/mol. The fourth-order valence-corrected chi connectivity index (χ4v) is 1.32. The van der Waals surface area contributed by atoms with Crippen molar-refractivity contribution in [3.63, 3.8) is 0 Å². The second kappa shape index (κ2) is 6.27. The van der Waals surface area contributed by atoms with Crippen molar-refractivity contribution in [3.05, 3.63) is 11.9 Å². The van der Waals surface area contributed by atoms with Crippen LogP contribution in [0.3, 0.4) is 0 Å². The van der Waals surface area contributed by atoms with Crippen molar-refractivity contribution in [3.8, 4) is 5.88 Å². The first kappa shape index (κ1) is 12.7. The largest absolute Gasteiger partial charge is 0.478 e. The molecular weight excluding hydrogens is 206 g/mol. The third kappa shape index (κ3) is 3.66. The van der Waals surface area contributed by atoms with Crippen LogP contribution in [0.4, 0.5) is 5.82 Å². The van der Waals surface area contributed by atoms with Gasteiger partial charge in [0.25, 0.3) is 0 Å². The van der Waals surface area contributed by atoms with Gasteiger partial charge in [0.15, 0.2) is 0 Å². The molecule has 1 aromatic heterocycles. The molecule has 0 bridgehead atoms. The Morgan fingerprint density at radius 1 is 1.44 bits per heavy atom. The molecule has 0 saturated heterocycles. The molecule has 0 spiro atoms. The highest BCUT2D eigenvalue weighted by atomic mass is 16.5. The highest BCUT2D eigenvalue weighted by Crippen LogP contribution is 2.14. The lowest BCUT2D eigenvalue weighted by Crippen LogP contribution is -2.23. The molecule has 0 aromatic carbocycles. The van der Waals surface area contributed by atoms with Crippen LogP contribution in [0.25, 0.3) is 0 Å². The van der Waals surface area contributed by atoms with E-state index in [4.69, 9.17) is 9.84 Å². The normalized spacial score (nSPS) is 12.2. The van der Waals surface area contributed by atoms with E-state index >= 15 is 0 Å². The van der Waals surface area contributed by atoms with E-state index in [0.29, 0.717) is 24.1 Å². The minimum Gasteiger partial charge on any atom is -0.478 e. The minimum absolute atomic E-state index is 0.0174. The first-order valence-corrected chi connectivity index (χ1v) is 5.55. The Kier molecular flexibility index (Phi) is 4.98. The number of aliphatic hydroxyl groups is 1. The molecule has 1 atom stereocenters. The number of aliphatic hydroxyl groups excluding tert-OH is 1. The number of nitrogens with zero attached hydrogens (tertiary/aromatic N) is 2. The maximum Gasteiger partial charge on any atom is 0.218 e. The predicted octanol–water partition coefficient (Wildman–Crippen LogP) is 1.37. The average molecular weight is 225 g/mol. The van der Waals surface area contributed by atoms with Crippen LogP contribution in [0.2, 0.25) is 0 Å². The summed E-state index contributed by atoms with van der Waals surface area (Å²) in [7, 11) is 0. The van der Waals surface area contributed by atoms with E-state index in [9.17, 15) is 0 Å². The van der Waals surface area contributed by atoms with Gasteiger partial charge in [0, 0.05) is 6.07 Å². The molecule has 5 nitrogen and oxygen atoms in total. The van der Waals surface area contributed by atoms with Gasteiger partial charge in [-0.3, -0.25) is 0 Å². The lowest BCUT2D eigenvalue weighted by atomic mass is 10.2. The van der Waals surface area contributed by atoms with Gasteiger partial charge in [0.05, 0.1) is 19.3 Å². The van der Waals surface area contributed by atoms with Gasteiger partial charge in [0.2, 0.25) is 5.88 Å². The second-order valence-corrected chi connectivity index (χ2v) is 3.50. The van der Waals surface area contributed by atoms with Gasteiger partial charge in [-0.1, -0.05) is 6.92 Å². The van der Waals surface area contributed by atoms with Crippen LogP contribution < -0.4 is 10.1 Å². The Labute approximate surface area is 95.9 Å². The van der Waals surface area contributed by atoms with Gasteiger partial charge in [-0.2, -0.15) is 4.98 Å². The van der Waals surface area contributed by atoms with Crippen LogP contribution in [0.15, 0.2) is 6.07 Å². The molecule has 0 aliphatic rings. The van der Waals surface area contributed by atoms with Crippen molar-refractivity contribution >= 4 is 5.82 Å². The molecule has 5 heteroatoms. The Bertz CT molecular complexity index is 327. The van der Waals surface area contributed by atoms with Crippen LogP contribution >= 0.6 is 0 Å². The number of anilines is 1. The summed E-state index contributed by atoms with van der Waals surface area (Å²) in [6.07, 6.45) is 0.837. The zero-order valence-corrected chi connectivity index (χ0v) is 10.0. The van der Waals surface area contributed by atoms with Gasteiger partial charge >= 0.3 is 0 Å². The monoisotopic (exact) mass is 225 g/mol. The Balaban J connectivity index is 2.78. The molecule has 1 unspecified atom stereocenters. The van der Waals surface area contributed by atoms with Crippen molar-refractivity contribution in [2.24, 2.45) is 0 Å². The van der Waals surface area contributed by atoms with Crippen molar-refractivity contribution in [2.45, 2.75) is 33.2 Å².